The largest absolute Gasteiger partial charge is 0.419 e. The lowest BCUT2D eigenvalue weighted by atomic mass is 10.2. The summed E-state index contributed by atoms with van der Waals surface area (Å²) in [5.74, 6) is -2.16. The van der Waals surface area contributed by atoms with Gasteiger partial charge in [0.25, 0.3) is 0 Å². The first-order valence-corrected chi connectivity index (χ1v) is 7.32. The van der Waals surface area contributed by atoms with E-state index in [4.69, 9.17) is 0 Å². The number of carbonyl (C=O) groups is 1. The van der Waals surface area contributed by atoms with Gasteiger partial charge in [0.15, 0.2) is 5.82 Å². The molecule has 0 saturated carbocycles. The number of nitrogens with one attached hydrogen (secondary N) is 2. The number of alkyl halides is 3. The number of halogens is 6. The molecule has 0 saturated heterocycles. The van der Waals surface area contributed by atoms with Crippen molar-refractivity contribution in [3.8, 4) is 0 Å². The molecule has 2 amide bonds. The number of hydrogen-bond acceptors (Lipinski definition) is 1. The van der Waals surface area contributed by atoms with Crippen LogP contribution in [0.25, 0.3) is 0 Å². The van der Waals surface area contributed by atoms with E-state index in [0.29, 0.717) is 10.5 Å². The van der Waals surface area contributed by atoms with Crippen molar-refractivity contribution in [2.75, 3.05) is 5.32 Å². The molecular formula is C15H10BrF5N2O. The highest BCUT2D eigenvalue weighted by Gasteiger charge is 2.35. The van der Waals surface area contributed by atoms with Crippen LogP contribution >= 0.6 is 15.9 Å². The zero-order valence-corrected chi connectivity index (χ0v) is 13.4. The van der Waals surface area contributed by atoms with Gasteiger partial charge in [-0.05, 0) is 30.3 Å². The van der Waals surface area contributed by atoms with Crippen LogP contribution in [0.15, 0.2) is 40.9 Å². The Morgan fingerprint density at radius 2 is 1.83 bits per heavy atom. The first-order valence-electron chi connectivity index (χ1n) is 6.53. The van der Waals surface area contributed by atoms with Crippen molar-refractivity contribution in [2.24, 2.45) is 0 Å². The Morgan fingerprint density at radius 3 is 2.50 bits per heavy atom. The summed E-state index contributed by atoms with van der Waals surface area (Å²) >= 11 is 3.14. The van der Waals surface area contributed by atoms with Crippen LogP contribution in [0.3, 0.4) is 0 Å². The molecule has 0 aliphatic heterocycles. The highest BCUT2D eigenvalue weighted by atomic mass is 79.9. The lowest BCUT2D eigenvalue weighted by Gasteiger charge is -2.13. The molecule has 0 atom stereocenters. The second kappa shape index (κ2) is 7.16. The van der Waals surface area contributed by atoms with Gasteiger partial charge in [-0.3, -0.25) is 0 Å². The smallest absolute Gasteiger partial charge is 0.334 e. The van der Waals surface area contributed by atoms with Gasteiger partial charge in [0.2, 0.25) is 0 Å². The van der Waals surface area contributed by atoms with Gasteiger partial charge in [0.05, 0.1) is 11.3 Å². The second-order valence-electron chi connectivity index (χ2n) is 4.71. The third kappa shape index (κ3) is 4.44. The van der Waals surface area contributed by atoms with E-state index in [-0.39, 0.29) is 12.1 Å². The number of anilines is 1. The predicted octanol–water partition coefficient (Wildman–Crippen LogP) is 5.07. The first-order chi connectivity index (χ1) is 11.2. The van der Waals surface area contributed by atoms with Crippen molar-refractivity contribution in [2.45, 2.75) is 12.7 Å². The maximum atomic E-state index is 13.8. The summed E-state index contributed by atoms with van der Waals surface area (Å²) in [4.78, 5) is 11.7. The highest BCUT2D eigenvalue weighted by molar-refractivity contribution is 9.10. The minimum atomic E-state index is -4.88. The van der Waals surface area contributed by atoms with Crippen LogP contribution in [0, 0.1) is 11.6 Å². The number of amides is 2. The number of rotatable bonds is 3. The Balaban J connectivity index is 2.07. The predicted molar refractivity (Wildman–Crippen MR) is 81.4 cm³/mol. The van der Waals surface area contributed by atoms with Gasteiger partial charge in [-0.25, -0.2) is 13.6 Å². The van der Waals surface area contributed by atoms with E-state index in [0.717, 1.165) is 12.1 Å². The van der Waals surface area contributed by atoms with E-state index >= 15 is 0 Å². The van der Waals surface area contributed by atoms with Crippen LogP contribution < -0.4 is 10.6 Å². The van der Waals surface area contributed by atoms with Crippen molar-refractivity contribution in [1.82, 2.24) is 5.32 Å². The second-order valence-corrected chi connectivity index (χ2v) is 5.62. The van der Waals surface area contributed by atoms with Crippen molar-refractivity contribution in [1.29, 1.82) is 0 Å². The minimum absolute atomic E-state index is 0.157. The quantitative estimate of drug-likeness (QED) is 0.684. The molecule has 24 heavy (non-hydrogen) atoms. The fourth-order valence-electron chi connectivity index (χ4n) is 1.87. The fraction of sp³-hybridized carbons (Fsp3) is 0.133. The molecule has 0 radical (unpaired) electrons. The molecule has 3 nitrogen and oxygen atoms in total. The molecular weight excluding hydrogens is 399 g/mol. The van der Waals surface area contributed by atoms with E-state index in [9.17, 15) is 26.7 Å². The molecule has 2 N–H and O–H groups in total. The summed E-state index contributed by atoms with van der Waals surface area (Å²) < 4.78 is 65.7. The molecule has 128 valence electrons. The van der Waals surface area contributed by atoms with Gasteiger partial charge in [-0.1, -0.05) is 22.0 Å². The zero-order chi connectivity index (χ0) is 17.9. The topological polar surface area (TPSA) is 41.1 Å². The Morgan fingerprint density at radius 1 is 1.12 bits per heavy atom. The normalized spacial score (nSPS) is 11.2. The van der Waals surface area contributed by atoms with Gasteiger partial charge in [0, 0.05) is 16.6 Å². The van der Waals surface area contributed by atoms with Crippen LogP contribution in [0.2, 0.25) is 0 Å². The van der Waals surface area contributed by atoms with Gasteiger partial charge in [0.1, 0.15) is 5.82 Å². The zero-order valence-electron chi connectivity index (χ0n) is 11.8. The van der Waals surface area contributed by atoms with Crippen molar-refractivity contribution < 1.29 is 26.7 Å². The first kappa shape index (κ1) is 18.2. The molecule has 0 unspecified atom stereocenters. The number of benzene rings is 2. The van der Waals surface area contributed by atoms with Gasteiger partial charge >= 0.3 is 12.2 Å². The van der Waals surface area contributed by atoms with E-state index in [2.05, 4.69) is 21.2 Å². The van der Waals surface area contributed by atoms with Crippen molar-refractivity contribution in [3.63, 3.8) is 0 Å². The molecule has 9 heteroatoms. The molecule has 0 aliphatic rings. The van der Waals surface area contributed by atoms with Crippen LogP contribution in [-0.2, 0) is 12.7 Å². The SMILES string of the molecule is O=C(NCc1cc(Br)ccc1F)Nc1cccc(C(F)(F)F)c1F. The molecule has 2 aromatic carbocycles. The summed E-state index contributed by atoms with van der Waals surface area (Å²) in [6.45, 7) is -0.225. The third-order valence-corrected chi connectivity index (χ3v) is 3.49. The fourth-order valence-corrected chi connectivity index (χ4v) is 2.28. The molecule has 0 fully saturated rings. The molecule has 0 aliphatic carbocycles. The highest BCUT2D eigenvalue weighted by Crippen LogP contribution is 2.33. The Bertz CT molecular complexity index is 764. The molecule has 0 spiro atoms. The van der Waals surface area contributed by atoms with Gasteiger partial charge in [-0.15, -0.1) is 0 Å². The number of urea groups is 1. The van der Waals surface area contributed by atoms with E-state index in [1.807, 2.05) is 5.32 Å². The molecule has 0 heterocycles. The van der Waals surface area contributed by atoms with Crippen LogP contribution in [0.5, 0.6) is 0 Å². The molecule has 0 bridgehead atoms. The maximum absolute atomic E-state index is 13.8. The number of hydrogen-bond donors (Lipinski definition) is 2. The maximum Gasteiger partial charge on any atom is 0.419 e. The van der Waals surface area contributed by atoms with E-state index < -0.39 is 35.1 Å². The van der Waals surface area contributed by atoms with Crippen molar-refractivity contribution in [3.05, 3.63) is 63.6 Å². The Labute approximate surface area is 142 Å². The lowest BCUT2D eigenvalue weighted by molar-refractivity contribution is -0.139. The van der Waals surface area contributed by atoms with Gasteiger partial charge in [-0.2, -0.15) is 13.2 Å². The summed E-state index contributed by atoms with van der Waals surface area (Å²) in [5, 5.41) is 4.21. The summed E-state index contributed by atoms with van der Waals surface area (Å²) in [6, 6.07) is 5.64. The summed E-state index contributed by atoms with van der Waals surface area (Å²) in [7, 11) is 0. The summed E-state index contributed by atoms with van der Waals surface area (Å²) in [5.41, 5.74) is -1.96. The van der Waals surface area contributed by atoms with Crippen LogP contribution in [0.4, 0.5) is 32.4 Å². The third-order valence-electron chi connectivity index (χ3n) is 3.00. The average molecular weight is 409 g/mol. The standard InChI is InChI=1S/C15H10BrF5N2O/c16-9-4-5-11(17)8(6-9)7-22-14(24)23-12-3-1-2-10(13(12)18)15(19,20)21/h1-6H,7H2,(H2,22,23,24). The van der Waals surface area contributed by atoms with Gasteiger partial charge < -0.3 is 10.6 Å². The van der Waals surface area contributed by atoms with E-state index in [1.165, 1.54) is 18.2 Å². The monoisotopic (exact) mass is 408 g/mol. The molecule has 2 rings (SSSR count). The Hall–Kier alpha value is -2.16. The van der Waals surface area contributed by atoms with Crippen LogP contribution in [0.1, 0.15) is 11.1 Å². The summed E-state index contributed by atoms with van der Waals surface area (Å²) in [6.07, 6.45) is -4.88. The average Bonchev–Trinajstić information content (AvgIpc) is 2.49. The number of carbonyl (C=O) groups excluding carboxylic acids is 1. The van der Waals surface area contributed by atoms with Crippen LogP contribution in [-0.4, -0.2) is 6.03 Å². The molecule has 0 aromatic heterocycles. The van der Waals surface area contributed by atoms with Crippen molar-refractivity contribution >= 4 is 27.6 Å². The Kier molecular flexibility index (Phi) is 5.43. The molecule has 2 aromatic rings. The minimum Gasteiger partial charge on any atom is -0.334 e. The van der Waals surface area contributed by atoms with E-state index in [1.54, 1.807) is 0 Å². The lowest BCUT2D eigenvalue weighted by Crippen LogP contribution is -2.29.